The zero-order chi connectivity index (χ0) is 17.9. The summed E-state index contributed by atoms with van der Waals surface area (Å²) in [4.78, 5) is 27.9. The highest BCUT2D eigenvalue weighted by atomic mass is 16.3. The summed E-state index contributed by atoms with van der Waals surface area (Å²) in [7, 11) is 0. The predicted octanol–water partition coefficient (Wildman–Crippen LogP) is 0.608. The Bertz CT molecular complexity index is 567. The summed E-state index contributed by atoms with van der Waals surface area (Å²) in [6.07, 6.45) is 5.42. The maximum atomic E-state index is 12.9. The number of hydrogen-bond donors (Lipinski definition) is 1. The molecule has 7 nitrogen and oxygen atoms in total. The SMILES string of the molecule is CC(C)(O)CN1CCN(C(=O)[C@H]2CCCN(c3ncccn3)C2)CC1. The van der Waals surface area contributed by atoms with Crippen LogP contribution in [0.1, 0.15) is 26.7 Å². The maximum Gasteiger partial charge on any atom is 0.227 e. The third-order valence-corrected chi connectivity index (χ3v) is 4.90. The molecular weight excluding hydrogens is 318 g/mol. The van der Waals surface area contributed by atoms with Crippen molar-refractivity contribution >= 4 is 11.9 Å². The van der Waals surface area contributed by atoms with Gasteiger partial charge in [-0.25, -0.2) is 9.97 Å². The van der Waals surface area contributed by atoms with Gasteiger partial charge in [0.1, 0.15) is 0 Å². The Morgan fingerprint density at radius 3 is 2.52 bits per heavy atom. The van der Waals surface area contributed by atoms with Gasteiger partial charge in [0.05, 0.1) is 11.5 Å². The Morgan fingerprint density at radius 1 is 1.20 bits per heavy atom. The number of hydrogen-bond acceptors (Lipinski definition) is 6. The number of carbonyl (C=O) groups is 1. The lowest BCUT2D eigenvalue weighted by atomic mass is 9.96. The number of aliphatic hydroxyl groups is 1. The van der Waals surface area contributed by atoms with Crippen LogP contribution in [0.4, 0.5) is 5.95 Å². The number of anilines is 1. The molecule has 1 aromatic rings. The lowest BCUT2D eigenvalue weighted by Crippen LogP contribution is -2.54. The van der Waals surface area contributed by atoms with Crippen LogP contribution in [0.15, 0.2) is 18.5 Å². The lowest BCUT2D eigenvalue weighted by Gasteiger charge is -2.40. The van der Waals surface area contributed by atoms with Gasteiger partial charge in [-0.15, -0.1) is 0 Å². The molecule has 2 saturated heterocycles. The van der Waals surface area contributed by atoms with E-state index in [0.29, 0.717) is 13.1 Å². The van der Waals surface area contributed by atoms with Crippen molar-refractivity contribution in [2.75, 3.05) is 50.7 Å². The summed E-state index contributed by atoms with van der Waals surface area (Å²) >= 11 is 0. The van der Waals surface area contributed by atoms with Crippen LogP contribution in [0.3, 0.4) is 0 Å². The minimum Gasteiger partial charge on any atom is -0.389 e. The van der Waals surface area contributed by atoms with Crippen molar-refractivity contribution in [3.63, 3.8) is 0 Å². The highest BCUT2D eigenvalue weighted by Gasteiger charge is 2.32. The van der Waals surface area contributed by atoms with Gasteiger partial charge in [0.2, 0.25) is 11.9 Å². The second kappa shape index (κ2) is 7.66. The molecule has 0 spiro atoms. The molecule has 0 aliphatic carbocycles. The Labute approximate surface area is 149 Å². The van der Waals surface area contributed by atoms with Gasteiger partial charge in [-0.3, -0.25) is 9.69 Å². The number of nitrogens with zero attached hydrogens (tertiary/aromatic N) is 5. The second-order valence-electron chi connectivity index (χ2n) is 7.75. The van der Waals surface area contributed by atoms with Gasteiger partial charge in [0.25, 0.3) is 0 Å². The first kappa shape index (κ1) is 18.1. The summed E-state index contributed by atoms with van der Waals surface area (Å²) in [6.45, 7) is 9.06. The zero-order valence-corrected chi connectivity index (χ0v) is 15.3. The molecule has 3 rings (SSSR count). The van der Waals surface area contributed by atoms with E-state index in [1.165, 1.54) is 0 Å². The number of carbonyl (C=O) groups excluding carboxylic acids is 1. The third kappa shape index (κ3) is 4.89. The second-order valence-corrected chi connectivity index (χ2v) is 7.75. The van der Waals surface area contributed by atoms with Crippen LogP contribution in [0.25, 0.3) is 0 Å². The number of piperazine rings is 1. The first-order chi connectivity index (χ1) is 11.9. The van der Waals surface area contributed by atoms with Crippen molar-refractivity contribution in [3.8, 4) is 0 Å². The number of rotatable bonds is 4. The van der Waals surface area contributed by atoms with Gasteiger partial charge in [0, 0.05) is 58.2 Å². The summed E-state index contributed by atoms with van der Waals surface area (Å²) in [5.74, 6) is 0.997. The van der Waals surface area contributed by atoms with E-state index >= 15 is 0 Å². The molecule has 0 aromatic carbocycles. The number of amides is 1. The van der Waals surface area contributed by atoms with E-state index in [-0.39, 0.29) is 11.8 Å². The van der Waals surface area contributed by atoms with Crippen LogP contribution in [0.5, 0.6) is 0 Å². The molecule has 1 aromatic heterocycles. The molecule has 7 heteroatoms. The molecule has 2 fully saturated rings. The van der Waals surface area contributed by atoms with Gasteiger partial charge >= 0.3 is 0 Å². The van der Waals surface area contributed by atoms with Crippen LogP contribution < -0.4 is 4.90 Å². The molecule has 1 N–H and O–H groups in total. The minimum absolute atomic E-state index is 0.0263. The van der Waals surface area contributed by atoms with Gasteiger partial charge in [-0.05, 0) is 32.8 Å². The molecule has 0 bridgehead atoms. The largest absolute Gasteiger partial charge is 0.389 e. The van der Waals surface area contributed by atoms with Gasteiger partial charge in [-0.2, -0.15) is 0 Å². The number of piperidine rings is 1. The first-order valence-electron chi connectivity index (χ1n) is 9.18. The van der Waals surface area contributed by atoms with Crippen molar-refractivity contribution in [2.45, 2.75) is 32.3 Å². The molecule has 1 amide bonds. The van der Waals surface area contributed by atoms with Crippen LogP contribution >= 0.6 is 0 Å². The normalized spacial score (nSPS) is 22.9. The molecule has 0 radical (unpaired) electrons. The van der Waals surface area contributed by atoms with Gasteiger partial charge in [-0.1, -0.05) is 0 Å². The molecule has 3 heterocycles. The third-order valence-electron chi connectivity index (χ3n) is 4.90. The lowest BCUT2D eigenvalue weighted by molar-refractivity contribution is -0.137. The van der Waals surface area contributed by atoms with Crippen LogP contribution in [0.2, 0.25) is 0 Å². The predicted molar refractivity (Wildman–Crippen MR) is 96.3 cm³/mol. The topological polar surface area (TPSA) is 72.8 Å². The van der Waals surface area contributed by atoms with E-state index < -0.39 is 5.60 Å². The highest BCUT2D eigenvalue weighted by Crippen LogP contribution is 2.22. The Hall–Kier alpha value is -1.73. The van der Waals surface area contributed by atoms with E-state index in [2.05, 4.69) is 19.8 Å². The highest BCUT2D eigenvalue weighted by molar-refractivity contribution is 5.79. The van der Waals surface area contributed by atoms with Gasteiger partial charge < -0.3 is 14.9 Å². The standard InChI is InChI=1S/C18H29N5O2/c1-18(2,25)14-21-9-11-22(12-10-21)16(24)15-5-3-8-23(13-15)17-19-6-4-7-20-17/h4,6-7,15,25H,3,5,8-14H2,1-2H3/t15-/m0/s1. The van der Waals surface area contributed by atoms with Crippen molar-refractivity contribution in [3.05, 3.63) is 18.5 Å². The smallest absolute Gasteiger partial charge is 0.227 e. The Morgan fingerprint density at radius 2 is 1.88 bits per heavy atom. The summed E-state index contributed by atoms with van der Waals surface area (Å²) in [6, 6.07) is 1.81. The summed E-state index contributed by atoms with van der Waals surface area (Å²) in [5.41, 5.74) is -0.689. The van der Waals surface area contributed by atoms with Crippen LogP contribution in [-0.2, 0) is 4.79 Å². The molecule has 138 valence electrons. The fourth-order valence-corrected chi connectivity index (χ4v) is 3.75. The van der Waals surface area contributed by atoms with Crippen molar-refractivity contribution < 1.29 is 9.90 Å². The van der Waals surface area contributed by atoms with E-state index in [0.717, 1.165) is 51.5 Å². The number of β-amino-alcohol motifs (C(OH)–C–C–N with tert-alkyl or cyclic N) is 1. The molecule has 0 unspecified atom stereocenters. The molecule has 0 saturated carbocycles. The molecular formula is C18H29N5O2. The Balaban J connectivity index is 1.53. The average Bonchev–Trinajstić information content (AvgIpc) is 2.61. The van der Waals surface area contributed by atoms with Crippen LogP contribution in [-0.4, -0.2) is 82.2 Å². The zero-order valence-electron chi connectivity index (χ0n) is 15.3. The molecule has 2 aliphatic heterocycles. The number of aromatic nitrogens is 2. The molecule has 2 aliphatic rings. The minimum atomic E-state index is -0.689. The molecule has 25 heavy (non-hydrogen) atoms. The van der Waals surface area contributed by atoms with Gasteiger partial charge in [0.15, 0.2) is 0 Å². The van der Waals surface area contributed by atoms with E-state index in [1.54, 1.807) is 12.4 Å². The Kier molecular flexibility index (Phi) is 5.54. The maximum absolute atomic E-state index is 12.9. The van der Waals surface area contributed by atoms with Crippen molar-refractivity contribution in [1.82, 2.24) is 19.8 Å². The summed E-state index contributed by atoms with van der Waals surface area (Å²) in [5, 5.41) is 9.95. The van der Waals surface area contributed by atoms with Crippen molar-refractivity contribution in [1.29, 1.82) is 0 Å². The monoisotopic (exact) mass is 347 g/mol. The van der Waals surface area contributed by atoms with E-state index in [1.807, 2.05) is 24.8 Å². The first-order valence-corrected chi connectivity index (χ1v) is 9.18. The molecule has 1 atom stereocenters. The fraction of sp³-hybridized carbons (Fsp3) is 0.722. The van der Waals surface area contributed by atoms with E-state index in [9.17, 15) is 9.90 Å². The van der Waals surface area contributed by atoms with Crippen LogP contribution in [0, 0.1) is 5.92 Å². The quantitative estimate of drug-likeness (QED) is 0.860. The van der Waals surface area contributed by atoms with E-state index in [4.69, 9.17) is 0 Å². The average molecular weight is 347 g/mol. The van der Waals surface area contributed by atoms with Crippen molar-refractivity contribution in [2.24, 2.45) is 5.92 Å². The summed E-state index contributed by atoms with van der Waals surface area (Å²) < 4.78 is 0. The fourth-order valence-electron chi connectivity index (χ4n) is 3.75.